The smallest absolute Gasteiger partial charge is 1.00 e. The van der Waals surface area contributed by atoms with Gasteiger partial charge in [-0.1, -0.05) is 47.5 Å². The zero-order valence-corrected chi connectivity index (χ0v) is 17.6. The molecule has 4 aromatic carbocycles. The average Bonchev–Trinajstić information content (AvgIpc) is 3.31. The van der Waals surface area contributed by atoms with Gasteiger partial charge in [0.1, 0.15) is 0 Å². The Hall–Kier alpha value is -1.40. The Morgan fingerprint density at radius 2 is 0.680 bits per heavy atom. The second-order valence-electron chi connectivity index (χ2n) is 5.08. The van der Waals surface area contributed by atoms with Crippen LogP contribution in [-0.4, -0.2) is 0 Å². The maximum atomic E-state index is 2.12. The zero-order chi connectivity index (χ0) is 15.0. The third kappa shape index (κ3) is 7.16. The van der Waals surface area contributed by atoms with Crippen LogP contribution in [0.4, 0.5) is 0 Å². The van der Waals surface area contributed by atoms with Crippen LogP contribution in [0.25, 0.3) is 22.3 Å². The summed E-state index contributed by atoms with van der Waals surface area (Å²) in [5, 5.41) is 0. The number of benzene rings is 2. The van der Waals surface area contributed by atoms with Crippen molar-refractivity contribution in [2.45, 2.75) is 0 Å². The first kappa shape index (κ1) is 23.6. The maximum Gasteiger partial charge on any atom is 4.00 e. The van der Waals surface area contributed by atoms with E-state index in [2.05, 4.69) is 97.1 Å². The quantitative estimate of drug-likeness (QED) is 0.387. The third-order valence-corrected chi connectivity index (χ3v) is 3.54. The minimum Gasteiger partial charge on any atom is -1.00 e. The Morgan fingerprint density at radius 1 is 0.400 bits per heavy atom. The fourth-order valence-electron chi connectivity index (χ4n) is 2.39. The molecule has 0 atom stereocenters. The summed E-state index contributed by atoms with van der Waals surface area (Å²) in [7, 11) is 0. The number of rotatable bonds is 2. The molecule has 0 nitrogen and oxygen atoms in total. The van der Waals surface area contributed by atoms with Crippen molar-refractivity contribution in [3.63, 3.8) is 0 Å². The van der Waals surface area contributed by atoms with Crippen LogP contribution in [0, 0.1) is 0 Å². The largest absolute Gasteiger partial charge is 4.00 e. The van der Waals surface area contributed by atoms with Crippen molar-refractivity contribution in [1.82, 2.24) is 0 Å². The molecule has 4 rings (SSSR count). The summed E-state index contributed by atoms with van der Waals surface area (Å²) in [5.74, 6) is 0. The van der Waals surface area contributed by atoms with Gasteiger partial charge in [-0.05, 0) is 0 Å². The van der Waals surface area contributed by atoms with Gasteiger partial charge in [-0.3, -0.25) is 0 Å². The van der Waals surface area contributed by atoms with Crippen LogP contribution in [0.3, 0.4) is 0 Å². The topological polar surface area (TPSA) is 0 Å². The van der Waals surface area contributed by atoms with Crippen LogP contribution in [0.5, 0.6) is 0 Å². The molecular weight excluding hydrogens is 426 g/mol. The molecule has 0 aromatic heterocycles. The molecule has 0 heterocycles. The van der Waals surface area contributed by atoms with Gasteiger partial charge in [0.2, 0.25) is 0 Å². The Labute approximate surface area is 181 Å². The van der Waals surface area contributed by atoms with E-state index >= 15 is 0 Å². The summed E-state index contributed by atoms with van der Waals surface area (Å²) >= 11 is 0. The predicted molar refractivity (Wildman–Crippen MR) is 94.9 cm³/mol. The molecule has 0 amide bonds. The molecule has 0 N–H and O–H groups in total. The SMILES string of the molecule is [Cl-].[Cl-].[Zr+4].c1ccc(-[c-]2cccc2)cc1.c1ccc(-[c-]2cccc2)cc1. The zero-order valence-electron chi connectivity index (χ0n) is 13.6. The number of halogens is 2. The molecule has 4 aromatic rings. The summed E-state index contributed by atoms with van der Waals surface area (Å²) in [6, 6.07) is 37.5. The Morgan fingerprint density at radius 3 is 0.960 bits per heavy atom. The molecule has 0 saturated heterocycles. The standard InChI is InChI=1S/2C11H9.2ClH.Zr/c2*1-2-6-10(7-3-1)11-8-4-5-9-11;;;/h2*1-9H;2*1H;/q2*-1;;;+4/p-2. The van der Waals surface area contributed by atoms with Gasteiger partial charge in [-0.25, -0.2) is 0 Å². The van der Waals surface area contributed by atoms with Gasteiger partial charge in [-0.15, -0.1) is 59.7 Å². The van der Waals surface area contributed by atoms with Crippen LogP contribution >= 0.6 is 0 Å². The minimum atomic E-state index is 0. The van der Waals surface area contributed by atoms with E-state index in [1.54, 1.807) is 0 Å². The second-order valence-corrected chi connectivity index (χ2v) is 5.08. The van der Waals surface area contributed by atoms with Gasteiger partial charge in [0.25, 0.3) is 0 Å². The van der Waals surface area contributed by atoms with Crippen LogP contribution in [0.2, 0.25) is 0 Å². The van der Waals surface area contributed by atoms with E-state index in [1.807, 2.05) is 12.1 Å². The molecule has 124 valence electrons. The molecule has 0 aliphatic rings. The Bertz CT molecular complexity index is 692. The van der Waals surface area contributed by atoms with Crippen LogP contribution in [0.15, 0.2) is 109 Å². The van der Waals surface area contributed by atoms with E-state index in [0.717, 1.165) is 0 Å². The van der Waals surface area contributed by atoms with Crippen LogP contribution in [0.1, 0.15) is 0 Å². The Balaban J connectivity index is 0.000000411. The first-order valence-corrected chi connectivity index (χ1v) is 7.48. The fourth-order valence-corrected chi connectivity index (χ4v) is 2.39. The van der Waals surface area contributed by atoms with E-state index in [1.165, 1.54) is 22.3 Å². The van der Waals surface area contributed by atoms with Gasteiger partial charge in [0.05, 0.1) is 0 Å². The van der Waals surface area contributed by atoms with Crippen LogP contribution in [-0.2, 0) is 26.2 Å². The van der Waals surface area contributed by atoms with Crippen molar-refractivity contribution < 1.29 is 51.0 Å². The van der Waals surface area contributed by atoms with Gasteiger partial charge in [0, 0.05) is 0 Å². The second kappa shape index (κ2) is 12.9. The first-order chi connectivity index (χ1) is 10.9. The molecule has 0 saturated carbocycles. The molecule has 0 unspecified atom stereocenters. The van der Waals surface area contributed by atoms with E-state index in [0.29, 0.717) is 0 Å². The minimum absolute atomic E-state index is 0. The van der Waals surface area contributed by atoms with Crippen molar-refractivity contribution >= 4 is 0 Å². The Kier molecular flexibility index (Phi) is 12.2. The van der Waals surface area contributed by atoms with E-state index < -0.39 is 0 Å². The number of hydrogen-bond acceptors (Lipinski definition) is 0. The van der Waals surface area contributed by atoms with E-state index in [9.17, 15) is 0 Å². The maximum absolute atomic E-state index is 2.12. The predicted octanol–water partition coefficient (Wildman–Crippen LogP) is 0.151. The average molecular weight is 445 g/mol. The summed E-state index contributed by atoms with van der Waals surface area (Å²) in [5.41, 5.74) is 5.17. The summed E-state index contributed by atoms with van der Waals surface area (Å²) in [6.07, 6.45) is 0. The van der Waals surface area contributed by atoms with Crippen molar-refractivity contribution in [3.05, 3.63) is 109 Å². The van der Waals surface area contributed by atoms with Crippen molar-refractivity contribution in [1.29, 1.82) is 0 Å². The molecule has 0 aliphatic heterocycles. The molecule has 25 heavy (non-hydrogen) atoms. The summed E-state index contributed by atoms with van der Waals surface area (Å²) in [4.78, 5) is 0. The summed E-state index contributed by atoms with van der Waals surface area (Å²) in [6.45, 7) is 0. The molecular formula is C22H18Cl2Zr. The van der Waals surface area contributed by atoms with Crippen LogP contribution < -0.4 is 24.8 Å². The first-order valence-electron chi connectivity index (χ1n) is 7.48. The molecule has 3 heteroatoms. The molecule has 0 aliphatic carbocycles. The van der Waals surface area contributed by atoms with Crippen molar-refractivity contribution in [3.8, 4) is 22.3 Å². The third-order valence-electron chi connectivity index (χ3n) is 3.54. The van der Waals surface area contributed by atoms with Gasteiger partial charge in [-0.2, -0.15) is 24.3 Å². The molecule has 0 bridgehead atoms. The van der Waals surface area contributed by atoms with E-state index in [4.69, 9.17) is 0 Å². The normalized spacial score (nSPS) is 8.64. The molecule has 0 fully saturated rings. The molecule has 0 radical (unpaired) electrons. The molecule has 0 spiro atoms. The number of hydrogen-bond donors (Lipinski definition) is 0. The van der Waals surface area contributed by atoms with Crippen molar-refractivity contribution in [2.24, 2.45) is 0 Å². The van der Waals surface area contributed by atoms with Gasteiger partial charge < -0.3 is 24.8 Å². The fraction of sp³-hybridized carbons (Fsp3) is 0. The van der Waals surface area contributed by atoms with Gasteiger partial charge in [0.15, 0.2) is 0 Å². The van der Waals surface area contributed by atoms with Gasteiger partial charge >= 0.3 is 26.2 Å². The monoisotopic (exact) mass is 442 g/mol. The van der Waals surface area contributed by atoms with E-state index in [-0.39, 0.29) is 51.0 Å². The summed E-state index contributed by atoms with van der Waals surface area (Å²) < 4.78 is 0. The van der Waals surface area contributed by atoms with Crippen molar-refractivity contribution in [2.75, 3.05) is 0 Å².